The molecular weight excluding hydrogens is 418 g/mol. The van der Waals surface area contributed by atoms with E-state index in [1.165, 1.54) is 23.7 Å². The van der Waals surface area contributed by atoms with E-state index in [-0.39, 0.29) is 4.90 Å². The maximum atomic E-state index is 11.9. The van der Waals surface area contributed by atoms with E-state index in [0.29, 0.717) is 24.0 Å². The molecule has 0 N–H and O–H groups in total. The van der Waals surface area contributed by atoms with Crippen molar-refractivity contribution in [1.29, 1.82) is 0 Å². The van der Waals surface area contributed by atoms with Crippen molar-refractivity contribution in [3.05, 3.63) is 65.8 Å². The molecule has 0 fully saturated rings. The van der Waals surface area contributed by atoms with E-state index in [1.807, 2.05) is 54.7 Å². The van der Waals surface area contributed by atoms with E-state index < -0.39 is 9.84 Å². The van der Waals surface area contributed by atoms with Crippen LogP contribution in [0.1, 0.15) is 5.82 Å². The molecule has 154 valence electrons. The summed E-state index contributed by atoms with van der Waals surface area (Å²) in [5.74, 6) is 1.48. The first-order valence-corrected chi connectivity index (χ1v) is 12.0. The van der Waals surface area contributed by atoms with E-state index in [0.717, 1.165) is 21.3 Å². The Bertz CT molecular complexity index is 1300. The monoisotopic (exact) mass is 439 g/mol. The van der Waals surface area contributed by atoms with Gasteiger partial charge >= 0.3 is 0 Å². The molecule has 30 heavy (non-hydrogen) atoms. The minimum atomic E-state index is -3.34. The van der Waals surface area contributed by atoms with Crippen LogP contribution in [0.2, 0.25) is 0 Å². The molecular formula is C22H21N3O3S2. The third kappa shape index (κ3) is 4.35. The molecule has 6 nitrogen and oxygen atoms in total. The van der Waals surface area contributed by atoms with Crippen LogP contribution in [0.3, 0.4) is 0 Å². The Hall–Kier alpha value is -2.81. The summed E-state index contributed by atoms with van der Waals surface area (Å²) in [7, 11) is 0.562. The zero-order valence-corrected chi connectivity index (χ0v) is 18.5. The molecule has 0 amide bonds. The topological polar surface area (TPSA) is 72.4 Å². The molecule has 4 rings (SSSR count). The molecule has 2 aromatic heterocycles. The summed E-state index contributed by atoms with van der Waals surface area (Å²) in [5, 5.41) is 2.87. The molecule has 2 heterocycles. The lowest BCUT2D eigenvalue weighted by molar-refractivity contribution is 0.385. The van der Waals surface area contributed by atoms with Crippen molar-refractivity contribution in [3.63, 3.8) is 0 Å². The number of fused-ring (bicyclic) bond motifs is 1. The Balaban J connectivity index is 1.87. The van der Waals surface area contributed by atoms with E-state index in [1.54, 1.807) is 18.2 Å². The van der Waals surface area contributed by atoms with Gasteiger partial charge in [0.15, 0.2) is 9.84 Å². The number of nitrogens with zero attached hydrogens (tertiary/aromatic N) is 3. The van der Waals surface area contributed by atoms with Crippen LogP contribution in [-0.2, 0) is 16.4 Å². The fraction of sp³-hybridized carbons (Fsp3) is 0.182. The van der Waals surface area contributed by atoms with Crippen LogP contribution in [0.4, 0.5) is 0 Å². The summed E-state index contributed by atoms with van der Waals surface area (Å²) in [6, 6.07) is 16.5. The first-order valence-electron chi connectivity index (χ1n) is 9.27. The Morgan fingerprint density at radius 2 is 1.80 bits per heavy atom. The Kier molecular flexibility index (Phi) is 5.55. The standard InChI is InChI=1S/C22H21N3O3S2/c1-25(2)13-19-23-21(28-16-10-7-11-17(12-16)30(3,26)27)20-18(14-29-22(20)24-19)15-8-5-4-6-9-15/h4-12,14H,13H2,1-3H3. The lowest BCUT2D eigenvalue weighted by Gasteiger charge is -2.12. The molecule has 4 aromatic rings. The molecule has 0 saturated carbocycles. The third-order valence-electron chi connectivity index (χ3n) is 4.44. The molecule has 0 unspecified atom stereocenters. The van der Waals surface area contributed by atoms with Crippen molar-refractivity contribution in [1.82, 2.24) is 14.9 Å². The Labute approximate surface area is 179 Å². The SMILES string of the molecule is CN(C)Cc1nc(Oc2cccc(S(C)(=O)=O)c2)c2c(-c3ccccc3)csc2n1. The van der Waals surface area contributed by atoms with Gasteiger partial charge in [0, 0.05) is 17.2 Å². The highest BCUT2D eigenvalue weighted by atomic mass is 32.2. The summed E-state index contributed by atoms with van der Waals surface area (Å²) in [4.78, 5) is 12.4. The molecule has 8 heteroatoms. The summed E-state index contributed by atoms with van der Waals surface area (Å²) < 4.78 is 30.0. The van der Waals surface area contributed by atoms with Gasteiger partial charge in [-0.15, -0.1) is 11.3 Å². The minimum Gasteiger partial charge on any atom is -0.438 e. The summed E-state index contributed by atoms with van der Waals surface area (Å²) >= 11 is 1.54. The van der Waals surface area contributed by atoms with Gasteiger partial charge in [-0.05, 0) is 37.9 Å². The predicted octanol–water partition coefficient (Wildman–Crippen LogP) is 4.62. The average Bonchev–Trinajstić information content (AvgIpc) is 3.12. The van der Waals surface area contributed by atoms with E-state index >= 15 is 0 Å². The zero-order valence-electron chi connectivity index (χ0n) is 16.9. The molecule has 0 aliphatic carbocycles. The number of rotatable bonds is 6. The Morgan fingerprint density at radius 3 is 2.50 bits per heavy atom. The van der Waals surface area contributed by atoms with Crippen LogP contribution < -0.4 is 4.74 Å². The number of benzene rings is 2. The lowest BCUT2D eigenvalue weighted by Crippen LogP contribution is -2.13. The van der Waals surface area contributed by atoms with Gasteiger partial charge < -0.3 is 9.64 Å². The Morgan fingerprint density at radius 1 is 1.03 bits per heavy atom. The van der Waals surface area contributed by atoms with E-state index in [9.17, 15) is 8.42 Å². The third-order valence-corrected chi connectivity index (χ3v) is 6.42. The summed E-state index contributed by atoms with van der Waals surface area (Å²) in [6.45, 7) is 0.564. The van der Waals surface area contributed by atoms with Crippen molar-refractivity contribution < 1.29 is 13.2 Å². The van der Waals surface area contributed by atoms with E-state index in [4.69, 9.17) is 9.72 Å². The number of aromatic nitrogens is 2. The van der Waals surface area contributed by atoms with E-state index in [2.05, 4.69) is 4.98 Å². The second kappa shape index (κ2) is 8.14. The number of hydrogen-bond acceptors (Lipinski definition) is 7. The smallest absolute Gasteiger partial charge is 0.232 e. The predicted molar refractivity (Wildman–Crippen MR) is 120 cm³/mol. The van der Waals surface area contributed by atoms with Crippen molar-refractivity contribution in [2.45, 2.75) is 11.4 Å². The fourth-order valence-corrected chi connectivity index (χ4v) is 4.70. The molecule has 0 atom stereocenters. The zero-order chi connectivity index (χ0) is 21.3. The van der Waals surface area contributed by atoms with Crippen LogP contribution in [0.15, 0.2) is 64.9 Å². The van der Waals surface area contributed by atoms with Gasteiger partial charge in [0.25, 0.3) is 0 Å². The normalized spacial score (nSPS) is 11.9. The van der Waals surface area contributed by atoms with Gasteiger partial charge in [-0.1, -0.05) is 36.4 Å². The summed E-state index contributed by atoms with van der Waals surface area (Å²) in [6.07, 6.45) is 1.18. The van der Waals surface area contributed by atoms with Gasteiger partial charge in [-0.3, -0.25) is 0 Å². The molecule has 0 aliphatic rings. The highest BCUT2D eigenvalue weighted by molar-refractivity contribution is 7.90. The van der Waals surface area contributed by atoms with Gasteiger partial charge in [-0.25, -0.2) is 13.4 Å². The second-order valence-electron chi connectivity index (χ2n) is 7.23. The summed E-state index contributed by atoms with van der Waals surface area (Å²) in [5.41, 5.74) is 2.03. The van der Waals surface area contributed by atoms with Gasteiger partial charge in [-0.2, -0.15) is 4.98 Å². The van der Waals surface area contributed by atoms with Crippen LogP contribution >= 0.6 is 11.3 Å². The number of hydrogen-bond donors (Lipinski definition) is 0. The van der Waals surface area contributed by atoms with Crippen LogP contribution in [0.5, 0.6) is 11.6 Å². The van der Waals surface area contributed by atoms with Crippen molar-refractivity contribution in [3.8, 4) is 22.8 Å². The van der Waals surface area contributed by atoms with Gasteiger partial charge in [0.1, 0.15) is 16.4 Å². The van der Waals surface area contributed by atoms with Gasteiger partial charge in [0.2, 0.25) is 5.88 Å². The first-order chi connectivity index (χ1) is 14.3. The average molecular weight is 440 g/mol. The molecule has 0 aliphatic heterocycles. The number of ether oxygens (including phenoxy) is 1. The lowest BCUT2D eigenvalue weighted by atomic mass is 10.1. The maximum Gasteiger partial charge on any atom is 0.232 e. The molecule has 0 spiro atoms. The number of sulfone groups is 1. The first kappa shape index (κ1) is 20.5. The highest BCUT2D eigenvalue weighted by Gasteiger charge is 2.18. The number of thiophene rings is 1. The van der Waals surface area contributed by atoms with Crippen LogP contribution in [0.25, 0.3) is 21.3 Å². The fourth-order valence-electron chi connectivity index (χ4n) is 3.09. The van der Waals surface area contributed by atoms with Crippen molar-refractivity contribution in [2.75, 3.05) is 20.4 Å². The van der Waals surface area contributed by atoms with Gasteiger partial charge in [0.05, 0.1) is 16.8 Å². The van der Waals surface area contributed by atoms with Crippen LogP contribution in [0, 0.1) is 0 Å². The second-order valence-corrected chi connectivity index (χ2v) is 10.1. The largest absolute Gasteiger partial charge is 0.438 e. The molecule has 0 bridgehead atoms. The van der Waals surface area contributed by atoms with Crippen molar-refractivity contribution in [2.24, 2.45) is 0 Å². The maximum absolute atomic E-state index is 11.9. The quantitative estimate of drug-likeness (QED) is 0.437. The highest BCUT2D eigenvalue weighted by Crippen LogP contribution is 2.39. The molecule has 0 radical (unpaired) electrons. The van der Waals surface area contributed by atoms with Crippen molar-refractivity contribution >= 4 is 31.4 Å². The van der Waals surface area contributed by atoms with Crippen LogP contribution in [-0.4, -0.2) is 43.6 Å². The minimum absolute atomic E-state index is 0.201. The molecule has 0 saturated heterocycles. The molecule has 2 aromatic carbocycles.